The van der Waals surface area contributed by atoms with Crippen LogP contribution in [-0.2, 0) is 14.2 Å². The number of nitrogens with zero attached hydrogens (tertiary/aromatic N) is 2. The van der Waals surface area contributed by atoms with Crippen LogP contribution in [0.1, 0.15) is 161 Å². The lowest BCUT2D eigenvalue weighted by molar-refractivity contribution is 0.0322. The average molecular weight is 1240 g/mol. The number of rotatable bonds is 32. The Bertz CT molecular complexity index is 2580. The highest BCUT2D eigenvalue weighted by molar-refractivity contribution is 5.92. The number of benzene rings is 6. The second kappa shape index (κ2) is 51.1. The molecule has 6 aromatic carbocycles. The molecule has 12 nitrogen and oxygen atoms in total. The Hall–Kier alpha value is -6.57. The first-order chi connectivity index (χ1) is 43.8. The zero-order chi connectivity index (χ0) is 65.1. The van der Waals surface area contributed by atoms with Crippen LogP contribution in [0.2, 0.25) is 0 Å². The summed E-state index contributed by atoms with van der Waals surface area (Å²) in [5.74, 6) is 5.11. The van der Waals surface area contributed by atoms with Crippen LogP contribution in [0.25, 0.3) is 0 Å². The van der Waals surface area contributed by atoms with Crippen LogP contribution >= 0.6 is 0 Å². The maximum atomic E-state index is 11.6. The minimum absolute atomic E-state index is 0.345. The molecule has 2 heterocycles. The van der Waals surface area contributed by atoms with E-state index in [1.165, 1.54) is 125 Å². The predicted molar refractivity (Wildman–Crippen MR) is 373 cm³/mol. The van der Waals surface area contributed by atoms with E-state index in [0.29, 0.717) is 31.1 Å². The summed E-state index contributed by atoms with van der Waals surface area (Å²) < 4.78 is 48.9. The van der Waals surface area contributed by atoms with Crippen LogP contribution < -0.4 is 28.4 Å². The molecule has 0 saturated carbocycles. The molecule has 12 heteroatoms. The van der Waals surface area contributed by atoms with Gasteiger partial charge in [0.2, 0.25) is 0 Å². The maximum Gasteiger partial charge on any atom is 0.341 e. The molecule has 0 radical (unpaired) electrons. The number of carbonyl (C=O) groups excluding carboxylic acids is 1. The quantitative estimate of drug-likeness (QED) is 0.0296. The van der Waals surface area contributed by atoms with E-state index < -0.39 is 0 Å². The molecule has 90 heavy (non-hydrogen) atoms. The fourth-order valence-corrected chi connectivity index (χ4v) is 9.14. The lowest BCUT2D eigenvalue weighted by Gasteiger charge is -2.26. The number of hydrogen-bond donors (Lipinski definition) is 0. The minimum atomic E-state index is -0.345. The first kappa shape index (κ1) is 77.7. The van der Waals surface area contributed by atoms with Crippen molar-refractivity contribution in [2.45, 2.75) is 159 Å². The summed E-state index contributed by atoms with van der Waals surface area (Å²) >= 11 is 0. The highest BCUT2D eigenvalue weighted by Gasteiger charge is 2.14. The van der Waals surface area contributed by atoms with Crippen molar-refractivity contribution in [3.05, 3.63) is 178 Å². The Morgan fingerprint density at radius 1 is 0.378 bits per heavy atom. The van der Waals surface area contributed by atoms with Gasteiger partial charge in [-0.2, -0.15) is 0 Å². The van der Waals surface area contributed by atoms with Crippen LogP contribution in [0.5, 0.6) is 34.5 Å². The molecule has 0 unspecified atom stereocenters. The van der Waals surface area contributed by atoms with E-state index >= 15 is 0 Å². The molecule has 0 aliphatic carbocycles. The number of unbranched alkanes of at least 4 members (excludes halogenated alkanes) is 9. The second-order valence-electron chi connectivity index (χ2n) is 23.0. The van der Waals surface area contributed by atoms with Gasteiger partial charge in [-0.1, -0.05) is 179 Å². The van der Waals surface area contributed by atoms with Gasteiger partial charge >= 0.3 is 5.97 Å². The molecular formula is C78H116N2O10. The molecular weight excluding hydrogens is 1120 g/mol. The van der Waals surface area contributed by atoms with Crippen LogP contribution in [-0.4, -0.2) is 128 Å². The van der Waals surface area contributed by atoms with Gasteiger partial charge in [0.15, 0.2) is 0 Å². The van der Waals surface area contributed by atoms with Gasteiger partial charge in [-0.25, -0.2) is 4.79 Å². The van der Waals surface area contributed by atoms with Crippen LogP contribution in [0.4, 0.5) is 0 Å². The summed E-state index contributed by atoms with van der Waals surface area (Å²) in [6, 6.07) is 46.5. The van der Waals surface area contributed by atoms with Gasteiger partial charge in [0, 0.05) is 32.8 Å². The summed E-state index contributed by atoms with van der Waals surface area (Å²) in [6.45, 7) is 35.2. The Balaban J connectivity index is 0.000000283. The molecule has 0 N–H and O–H groups in total. The van der Waals surface area contributed by atoms with Gasteiger partial charge in [-0.05, 0) is 166 Å². The van der Waals surface area contributed by atoms with E-state index in [2.05, 4.69) is 114 Å². The number of carbonyl (C=O) groups is 1. The van der Waals surface area contributed by atoms with E-state index in [9.17, 15) is 4.79 Å². The summed E-state index contributed by atoms with van der Waals surface area (Å²) in [6.07, 6.45) is 17.4. The first-order valence-corrected chi connectivity index (χ1v) is 33.7. The molecule has 8 rings (SSSR count). The van der Waals surface area contributed by atoms with Gasteiger partial charge in [-0.3, -0.25) is 9.80 Å². The topological polar surface area (TPSA) is 107 Å². The normalized spacial score (nSPS) is 12.5. The SMILES string of the molecule is CCCCCCOc1ccc(C)cc1.CCCCCCOc1ccc(C)cc1.CCCCCCOc1ccc(C)cc1C(=O)OC.CCOCCOc1ccc(C)cc1.Cc1ccc(OCCN2CCCC2)cc1.Cc1ccc(OCCN2CCOCC2)cc1. The van der Waals surface area contributed by atoms with Crippen molar-refractivity contribution in [3.63, 3.8) is 0 Å². The average Bonchev–Trinajstić information content (AvgIpc) is 2.37. The lowest BCUT2D eigenvalue weighted by atomic mass is 10.1. The highest BCUT2D eigenvalue weighted by atomic mass is 16.5. The summed E-state index contributed by atoms with van der Waals surface area (Å²) in [5, 5.41) is 0. The molecule has 0 amide bonds. The Morgan fingerprint density at radius 3 is 1.07 bits per heavy atom. The molecule has 2 aliphatic heterocycles. The van der Waals surface area contributed by atoms with Gasteiger partial charge in [-0.15, -0.1) is 0 Å². The van der Waals surface area contributed by atoms with E-state index in [1.807, 2.05) is 98.8 Å². The van der Waals surface area contributed by atoms with Gasteiger partial charge in [0.1, 0.15) is 59.9 Å². The number of aryl methyl sites for hydroxylation is 6. The van der Waals surface area contributed by atoms with Crippen molar-refractivity contribution in [2.24, 2.45) is 0 Å². The molecule has 0 aromatic heterocycles. The van der Waals surface area contributed by atoms with Gasteiger partial charge < -0.3 is 42.6 Å². The summed E-state index contributed by atoms with van der Waals surface area (Å²) in [7, 11) is 1.38. The fraction of sp³-hybridized carbons (Fsp3) is 0.526. The Kier molecular flexibility index (Phi) is 44.1. The Morgan fingerprint density at radius 2 is 0.711 bits per heavy atom. The number of methoxy groups -OCH3 is 1. The molecule has 2 fully saturated rings. The third kappa shape index (κ3) is 38.9. The second-order valence-corrected chi connectivity index (χ2v) is 23.0. The Labute approximate surface area is 545 Å². The zero-order valence-corrected chi connectivity index (χ0v) is 57.5. The number of morpholine rings is 1. The smallest absolute Gasteiger partial charge is 0.341 e. The number of ether oxygens (including phenoxy) is 9. The zero-order valence-electron chi connectivity index (χ0n) is 57.5. The van der Waals surface area contributed by atoms with Crippen molar-refractivity contribution in [2.75, 3.05) is 112 Å². The van der Waals surface area contributed by atoms with Gasteiger partial charge in [0.05, 0.1) is 46.8 Å². The fourth-order valence-electron chi connectivity index (χ4n) is 9.14. The van der Waals surface area contributed by atoms with Crippen LogP contribution in [0, 0.1) is 41.5 Å². The minimum Gasteiger partial charge on any atom is -0.494 e. The number of hydrogen-bond acceptors (Lipinski definition) is 12. The molecule has 0 bridgehead atoms. The number of esters is 1. The van der Waals surface area contributed by atoms with E-state index in [1.54, 1.807) is 6.07 Å². The van der Waals surface area contributed by atoms with Crippen molar-refractivity contribution >= 4 is 5.97 Å². The van der Waals surface area contributed by atoms with Gasteiger partial charge in [0.25, 0.3) is 0 Å². The molecule has 6 aromatic rings. The molecule has 0 atom stereocenters. The third-order valence-corrected chi connectivity index (χ3v) is 14.8. The summed E-state index contributed by atoms with van der Waals surface area (Å²) in [4.78, 5) is 16.5. The maximum absolute atomic E-state index is 11.6. The molecule has 2 saturated heterocycles. The first-order valence-electron chi connectivity index (χ1n) is 33.7. The number of likely N-dealkylation sites (tertiary alicyclic amines) is 1. The largest absolute Gasteiger partial charge is 0.494 e. The van der Waals surface area contributed by atoms with Crippen molar-refractivity contribution in [3.8, 4) is 34.5 Å². The molecule has 498 valence electrons. The standard InChI is InChI=1S/C15H22O3.C13H19NO2.C13H19NO.2C13H20O.C11H16O2/c1-4-5-6-7-10-18-14-9-8-12(2)11-13(14)15(16)17-3;1-12-2-4-13(5-3-12)16-11-8-14-6-9-15-10-7-14;1-12-4-6-13(7-5-12)15-11-10-14-8-2-3-9-14;2*1-3-4-5-6-11-14-13-9-7-12(2)8-10-13;1-3-12-8-9-13-11-6-4-10(2)5-7-11/h8-9,11H,4-7,10H2,1-3H3;2-5H,6-11H2,1H3;4-7H,2-3,8-11H2,1H3;2*7-10H,3-6,11H2,1-2H3;4-7H,3,8-9H2,1-2H3. The predicted octanol–water partition coefficient (Wildman–Crippen LogP) is 18.2. The molecule has 0 spiro atoms. The monoisotopic (exact) mass is 1240 g/mol. The van der Waals surface area contributed by atoms with Crippen molar-refractivity contribution < 1.29 is 47.4 Å². The third-order valence-electron chi connectivity index (χ3n) is 14.8. The van der Waals surface area contributed by atoms with Crippen LogP contribution in [0.15, 0.2) is 140 Å². The van der Waals surface area contributed by atoms with Crippen molar-refractivity contribution in [1.82, 2.24) is 9.80 Å². The summed E-state index contributed by atoms with van der Waals surface area (Å²) in [5.41, 5.74) is 7.88. The van der Waals surface area contributed by atoms with E-state index in [-0.39, 0.29) is 5.97 Å². The molecule has 2 aliphatic rings. The lowest BCUT2D eigenvalue weighted by Crippen LogP contribution is -2.38. The van der Waals surface area contributed by atoms with Crippen LogP contribution in [0.3, 0.4) is 0 Å². The van der Waals surface area contributed by atoms with E-state index in [0.717, 1.165) is 120 Å². The van der Waals surface area contributed by atoms with Crippen molar-refractivity contribution in [1.29, 1.82) is 0 Å². The highest BCUT2D eigenvalue weighted by Crippen LogP contribution is 2.22. The van der Waals surface area contributed by atoms with E-state index in [4.69, 9.17) is 42.6 Å².